The lowest BCUT2D eigenvalue weighted by Crippen LogP contribution is -2.02. The van der Waals surface area contributed by atoms with Crippen LogP contribution in [0.15, 0.2) is 0 Å². The van der Waals surface area contributed by atoms with Crippen molar-refractivity contribution in [3.05, 3.63) is 11.6 Å². The molecule has 1 rings (SSSR count). The number of aromatic nitrogens is 3. The fourth-order valence-corrected chi connectivity index (χ4v) is 1.64. The van der Waals surface area contributed by atoms with Gasteiger partial charge in [-0.2, -0.15) is 0 Å². The van der Waals surface area contributed by atoms with E-state index in [1.54, 1.807) is 0 Å². The highest BCUT2D eigenvalue weighted by molar-refractivity contribution is 4.93. The van der Waals surface area contributed by atoms with Gasteiger partial charge in [0, 0.05) is 13.5 Å². The van der Waals surface area contributed by atoms with Crippen molar-refractivity contribution in [3.63, 3.8) is 0 Å². The molecule has 0 aliphatic rings. The quantitative estimate of drug-likeness (QED) is 0.700. The van der Waals surface area contributed by atoms with Crippen molar-refractivity contribution in [2.75, 3.05) is 0 Å². The number of nitrogens with zero attached hydrogens (tertiary/aromatic N) is 3. The Bertz CT molecular complexity index is 283. The van der Waals surface area contributed by atoms with Crippen LogP contribution >= 0.6 is 0 Å². The molecule has 4 heteroatoms. The Morgan fingerprint density at radius 2 is 1.73 bits per heavy atom. The van der Waals surface area contributed by atoms with Crippen LogP contribution in [0.3, 0.4) is 0 Å². The number of unbranched alkanes of at least 4 members (excludes halogenated alkanes) is 4. The molecule has 0 spiro atoms. The smallest absolute Gasteiger partial charge is 0.158 e. The van der Waals surface area contributed by atoms with Crippen LogP contribution in [0.2, 0.25) is 0 Å². The summed E-state index contributed by atoms with van der Waals surface area (Å²) in [6.07, 6.45) is 7.29. The van der Waals surface area contributed by atoms with E-state index in [1.165, 1.54) is 25.7 Å². The normalized spacial score (nSPS) is 10.9. The summed E-state index contributed by atoms with van der Waals surface area (Å²) in [7, 11) is 1.91. The lowest BCUT2D eigenvalue weighted by Gasteiger charge is -2.02. The van der Waals surface area contributed by atoms with Crippen LogP contribution < -0.4 is 0 Å². The molecule has 0 aliphatic carbocycles. The molecule has 0 aliphatic heterocycles. The van der Waals surface area contributed by atoms with E-state index < -0.39 is 0 Å². The summed E-state index contributed by atoms with van der Waals surface area (Å²) in [5, 5.41) is 16.9. The van der Waals surface area contributed by atoms with Gasteiger partial charge in [0.15, 0.2) is 5.82 Å². The summed E-state index contributed by atoms with van der Waals surface area (Å²) in [6, 6.07) is 0. The van der Waals surface area contributed by atoms with Crippen molar-refractivity contribution in [3.8, 4) is 0 Å². The first kappa shape index (κ1) is 12.2. The van der Waals surface area contributed by atoms with Crippen molar-refractivity contribution < 1.29 is 5.11 Å². The van der Waals surface area contributed by atoms with Crippen molar-refractivity contribution in [1.82, 2.24) is 14.8 Å². The maximum absolute atomic E-state index is 8.95. The van der Waals surface area contributed by atoms with Crippen LogP contribution in [0.5, 0.6) is 0 Å². The first-order valence-electron chi connectivity index (χ1n) is 5.77. The van der Waals surface area contributed by atoms with E-state index in [0.29, 0.717) is 5.82 Å². The second-order valence-electron chi connectivity index (χ2n) is 3.91. The lowest BCUT2D eigenvalue weighted by molar-refractivity contribution is 0.266. The third-order valence-electron chi connectivity index (χ3n) is 2.70. The highest BCUT2D eigenvalue weighted by Crippen LogP contribution is 2.07. The van der Waals surface area contributed by atoms with E-state index >= 15 is 0 Å². The van der Waals surface area contributed by atoms with Crippen LogP contribution in [0.1, 0.15) is 50.7 Å². The summed E-state index contributed by atoms with van der Waals surface area (Å²) in [4.78, 5) is 0. The molecule has 0 amide bonds. The predicted octanol–water partition coefficient (Wildman–Crippen LogP) is 1.82. The zero-order chi connectivity index (χ0) is 11.1. The van der Waals surface area contributed by atoms with E-state index in [4.69, 9.17) is 5.11 Å². The summed E-state index contributed by atoms with van der Waals surface area (Å²) in [5.74, 6) is 1.63. The molecule has 1 N–H and O–H groups in total. The molecule has 0 bridgehead atoms. The number of hydrogen-bond acceptors (Lipinski definition) is 3. The maximum Gasteiger partial charge on any atom is 0.158 e. The van der Waals surface area contributed by atoms with Gasteiger partial charge >= 0.3 is 0 Å². The molecule has 0 saturated carbocycles. The molecule has 0 fully saturated rings. The number of aryl methyl sites for hydroxylation is 1. The molecule has 0 radical (unpaired) electrons. The molecule has 1 aromatic heterocycles. The maximum atomic E-state index is 8.95. The second kappa shape index (κ2) is 6.56. The van der Waals surface area contributed by atoms with E-state index in [2.05, 4.69) is 17.1 Å². The molecule has 0 aromatic carbocycles. The highest BCUT2D eigenvalue weighted by atomic mass is 16.3. The van der Waals surface area contributed by atoms with Crippen molar-refractivity contribution in [1.29, 1.82) is 0 Å². The minimum atomic E-state index is -0.0284. The summed E-state index contributed by atoms with van der Waals surface area (Å²) < 4.78 is 1.89. The first-order valence-corrected chi connectivity index (χ1v) is 5.77. The summed E-state index contributed by atoms with van der Waals surface area (Å²) >= 11 is 0. The molecule has 4 nitrogen and oxygen atoms in total. The van der Waals surface area contributed by atoms with E-state index in [9.17, 15) is 0 Å². The van der Waals surface area contributed by atoms with Crippen LogP contribution in [-0.4, -0.2) is 19.9 Å². The molecule has 0 saturated heterocycles. The largest absolute Gasteiger partial charge is 0.388 e. The summed E-state index contributed by atoms with van der Waals surface area (Å²) in [5.41, 5.74) is 0. The van der Waals surface area contributed by atoms with Gasteiger partial charge in [-0.15, -0.1) is 10.2 Å². The molecule has 1 heterocycles. The first-order chi connectivity index (χ1) is 7.29. The average Bonchev–Trinajstić information content (AvgIpc) is 2.60. The van der Waals surface area contributed by atoms with Gasteiger partial charge in [-0.1, -0.05) is 32.6 Å². The van der Waals surface area contributed by atoms with Crippen LogP contribution in [-0.2, 0) is 20.1 Å². The Morgan fingerprint density at radius 3 is 2.33 bits per heavy atom. The SMILES string of the molecule is CCCCCCCc1nnc(CO)n1C. The van der Waals surface area contributed by atoms with Gasteiger partial charge in [0.25, 0.3) is 0 Å². The van der Waals surface area contributed by atoms with Gasteiger partial charge in [-0.25, -0.2) is 0 Å². The fourth-order valence-electron chi connectivity index (χ4n) is 1.64. The standard InChI is InChI=1S/C11H21N3O/c1-3-4-5-6-7-8-10-12-13-11(9-15)14(10)2/h15H,3-9H2,1-2H3. The highest BCUT2D eigenvalue weighted by Gasteiger charge is 2.06. The Balaban J connectivity index is 2.28. The van der Waals surface area contributed by atoms with Gasteiger partial charge in [0.1, 0.15) is 12.4 Å². The number of rotatable bonds is 7. The summed E-state index contributed by atoms with van der Waals surface area (Å²) in [6.45, 7) is 2.19. The van der Waals surface area contributed by atoms with Gasteiger partial charge in [0.05, 0.1) is 0 Å². The monoisotopic (exact) mass is 211 g/mol. The van der Waals surface area contributed by atoms with Gasteiger partial charge in [0.2, 0.25) is 0 Å². The van der Waals surface area contributed by atoms with Crippen LogP contribution in [0.25, 0.3) is 0 Å². The fraction of sp³-hybridized carbons (Fsp3) is 0.818. The van der Waals surface area contributed by atoms with E-state index in [-0.39, 0.29) is 6.61 Å². The average molecular weight is 211 g/mol. The van der Waals surface area contributed by atoms with E-state index in [0.717, 1.165) is 18.7 Å². The molecule has 15 heavy (non-hydrogen) atoms. The van der Waals surface area contributed by atoms with Crippen molar-refractivity contribution in [2.24, 2.45) is 7.05 Å². The number of aliphatic hydroxyl groups is 1. The van der Waals surface area contributed by atoms with Gasteiger partial charge in [-0.3, -0.25) is 0 Å². The second-order valence-corrected chi connectivity index (χ2v) is 3.91. The van der Waals surface area contributed by atoms with Crippen LogP contribution in [0.4, 0.5) is 0 Å². The minimum absolute atomic E-state index is 0.0284. The zero-order valence-corrected chi connectivity index (χ0v) is 9.74. The zero-order valence-electron chi connectivity index (χ0n) is 9.74. The Morgan fingerprint density at radius 1 is 1.07 bits per heavy atom. The topological polar surface area (TPSA) is 50.9 Å². The predicted molar refractivity (Wildman–Crippen MR) is 59.4 cm³/mol. The molecule has 0 atom stereocenters. The Kier molecular flexibility index (Phi) is 5.32. The number of hydrogen-bond donors (Lipinski definition) is 1. The molecule has 86 valence electrons. The number of aliphatic hydroxyl groups excluding tert-OH is 1. The minimum Gasteiger partial charge on any atom is -0.388 e. The van der Waals surface area contributed by atoms with Crippen molar-refractivity contribution in [2.45, 2.75) is 52.1 Å². The Hall–Kier alpha value is -0.900. The van der Waals surface area contributed by atoms with Gasteiger partial charge < -0.3 is 9.67 Å². The van der Waals surface area contributed by atoms with Crippen LogP contribution in [0, 0.1) is 0 Å². The molecule has 0 unspecified atom stereocenters. The Labute approximate surface area is 91.3 Å². The molecule has 1 aromatic rings. The van der Waals surface area contributed by atoms with E-state index in [1.807, 2.05) is 11.6 Å². The molecular weight excluding hydrogens is 190 g/mol. The third-order valence-corrected chi connectivity index (χ3v) is 2.70. The van der Waals surface area contributed by atoms with Crippen molar-refractivity contribution >= 4 is 0 Å². The van der Waals surface area contributed by atoms with Gasteiger partial charge in [-0.05, 0) is 6.42 Å². The lowest BCUT2D eigenvalue weighted by atomic mass is 10.1. The third kappa shape index (κ3) is 3.63. The molecular formula is C11H21N3O.